The molecule has 1 aromatic rings. The highest BCUT2D eigenvalue weighted by molar-refractivity contribution is 5.98. The number of amides is 1. The fourth-order valence-corrected chi connectivity index (χ4v) is 2.09. The van der Waals surface area contributed by atoms with Crippen LogP contribution in [0, 0.1) is 6.92 Å². The van der Waals surface area contributed by atoms with Gasteiger partial charge in [0.25, 0.3) is 0 Å². The van der Waals surface area contributed by atoms with E-state index in [4.69, 9.17) is 0 Å². The zero-order chi connectivity index (χ0) is 12.4. The Morgan fingerprint density at radius 2 is 1.94 bits per heavy atom. The summed E-state index contributed by atoms with van der Waals surface area (Å²) in [5.41, 5.74) is 2.08. The number of carbonyl (C=O) groups excluding carboxylic acids is 1. The Kier molecular flexibility index (Phi) is 3.45. The van der Waals surface area contributed by atoms with Crippen molar-refractivity contribution >= 4 is 11.6 Å². The molecule has 1 N–H and O–H groups in total. The van der Waals surface area contributed by atoms with E-state index >= 15 is 0 Å². The molecule has 1 aromatic carbocycles. The van der Waals surface area contributed by atoms with E-state index in [-0.39, 0.29) is 12.5 Å². The minimum atomic E-state index is -0.412. The molecule has 1 unspecified atom stereocenters. The van der Waals surface area contributed by atoms with Crippen molar-refractivity contribution in [3.05, 3.63) is 29.8 Å². The molecule has 0 saturated carbocycles. The Labute approximate surface area is 101 Å². The number of aliphatic hydroxyl groups excluding tert-OH is 1. The van der Waals surface area contributed by atoms with E-state index in [1.807, 2.05) is 43.1 Å². The summed E-state index contributed by atoms with van der Waals surface area (Å²) < 4.78 is 0. The van der Waals surface area contributed by atoms with Gasteiger partial charge in [-0.2, -0.15) is 0 Å². The molecular formula is C13H18N2O2. The largest absolute Gasteiger partial charge is 0.394 e. The summed E-state index contributed by atoms with van der Waals surface area (Å²) >= 11 is 0. The van der Waals surface area contributed by atoms with E-state index in [2.05, 4.69) is 0 Å². The maximum Gasteiger partial charge on any atom is 0.246 e. The van der Waals surface area contributed by atoms with Crippen LogP contribution in [0.2, 0.25) is 0 Å². The number of aliphatic hydroxyl groups is 1. The number of nitrogens with zero attached hydrogens (tertiary/aromatic N) is 2. The number of aryl methyl sites for hydroxylation is 1. The van der Waals surface area contributed by atoms with E-state index in [0.717, 1.165) is 12.2 Å². The fraction of sp³-hybridized carbons (Fsp3) is 0.462. The standard InChI is InChI=1S/C13H18N2O2/c1-10-3-5-11(6-4-10)15-8-7-14(2)12(9-16)13(15)17/h3-6,12,16H,7-9H2,1-2H3. The van der Waals surface area contributed by atoms with Gasteiger partial charge in [0.1, 0.15) is 6.04 Å². The minimum absolute atomic E-state index is 0.0231. The highest BCUT2D eigenvalue weighted by Crippen LogP contribution is 2.20. The summed E-state index contributed by atoms with van der Waals surface area (Å²) in [5, 5.41) is 9.25. The van der Waals surface area contributed by atoms with Crippen LogP contribution in [0.4, 0.5) is 5.69 Å². The highest BCUT2D eigenvalue weighted by atomic mass is 16.3. The number of piperazine rings is 1. The van der Waals surface area contributed by atoms with Gasteiger partial charge in [-0.15, -0.1) is 0 Å². The Hall–Kier alpha value is -1.39. The SMILES string of the molecule is Cc1ccc(N2CCN(C)C(CO)C2=O)cc1. The number of hydrogen-bond donors (Lipinski definition) is 1. The van der Waals surface area contributed by atoms with Crippen molar-refractivity contribution < 1.29 is 9.90 Å². The predicted octanol–water partition coefficient (Wildman–Crippen LogP) is 0.634. The maximum atomic E-state index is 12.2. The summed E-state index contributed by atoms with van der Waals surface area (Å²) in [5.74, 6) is -0.0231. The van der Waals surface area contributed by atoms with E-state index in [0.29, 0.717) is 6.54 Å². The molecule has 0 radical (unpaired) electrons. The van der Waals surface area contributed by atoms with Crippen molar-refractivity contribution in [1.29, 1.82) is 0 Å². The average molecular weight is 234 g/mol. The van der Waals surface area contributed by atoms with Crippen LogP contribution >= 0.6 is 0 Å². The van der Waals surface area contributed by atoms with Gasteiger partial charge in [-0.3, -0.25) is 9.69 Å². The number of benzene rings is 1. The number of carbonyl (C=O) groups is 1. The lowest BCUT2D eigenvalue weighted by Crippen LogP contribution is -2.57. The van der Waals surface area contributed by atoms with E-state index in [1.54, 1.807) is 4.90 Å². The van der Waals surface area contributed by atoms with E-state index in [9.17, 15) is 9.90 Å². The molecular weight excluding hydrogens is 216 g/mol. The van der Waals surface area contributed by atoms with Gasteiger partial charge < -0.3 is 10.0 Å². The third kappa shape index (κ3) is 2.33. The van der Waals surface area contributed by atoms with Crippen molar-refractivity contribution in [3.8, 4) is 0 Å². The lowest BCUT2D eigenvalue weighted by atomic mass is 10.1. The average Bonchev–Trinajstić information content (AvgIpc) is 2.31. The number of anilines is 1. The first-order chi connectivity index (χ1) is 8.13. The van der Waals surface area contributed by atoms with Crippen LogP contribution in [0.15, 0.2) is 24.3 Å². The second kappa shape index (κ2) is 4.85. The smallest absolute Gasteiger partial charge is 0.246 e. The van der Waals surface area contributed by atoms with Crippen molar-refractivity contribution in [2.24, 2.45) is 0 Å². The quantitative estimate of drug-likeness (QED) is 0.816. The molecule has 4 nitrogen and oxygen atoms in total. The maximum absolute atomic E-state index is 12.2. The second-order valence-corrected chi connectivity index (χ2v) is 4.50. The van der Waals surface area contributed by atoms with Crippen LogP contribution in [0.1, 0.15) is 5.56 Å². The van der Waals surface area contributed by atoms with Crippen LogP contribution in [0.5, 0.6) is 0 Å². The normalized spacial score (nSPS) is 21.9. The summed E-state index contributed by atoms with van der Waals surface area (Å²) in [6.07, 6.45) is 0. The molecule has 1 amide bonds. The molecule has 4 heteroatoms. The monoisotopic (exact) mass is 234 g/mol. The van der Waals surface area contributed by atoms with Gasteiger partial charge >= 0.3 is 0 Å². The van der Waals surface area contributed by atoms with Gasteiger partial charge in [-0.25, -0.2) is 0 Å². The van der Waals surface area contributed by atoms with Crippen molar-refractivity contribution in [1.82, 2.24) is 4.90 Å². The van der Waals surface area contributed by atoms with Gasteiger partial charge in [-0.05, 0) is 26.1 Å². The molecule has 0 aliphatic carbocycles. The lowest BCUT2D eigenvalue weighted by Gasteiger charge is -2.37. The predicted molar refractivity (Wildman–Crippen MR) is 67.0 cm³/mol. The Morgan fingerprint density at radius 3 is 2.53 bits per heavy atom. The Morgan fingerprint density at radius 1 is 1.29 bits per heavy atom. The summed E-state index contributed by atoms with van der Waals surface area (Å²) in [6.45, 7) is 3.35. The number of likely N-dealkylation sites (N-methyl/N-ethyl adjacent to an activating group) is 1. The van der Waals surface area contributed by atoms with Crippen LogP contribution in [-0.4, -0.2) is 48.7 Å². The Balaban J connectivity index is 2.22. The highest BCUT2D eigenvalue weighted by Gasteiger charge is 2.32. The van der Waals surface area contributed by atoms with Crippen LogP contribution < -0.4 is 4.90 Å². The van der Waals surface area contributed by atoms with Gasteiger partial charge in [0.15, 0.2) is 0 Å². The number of hydrogen-bond acceptors (Lipinski definition) is 3. The third-order valence-electron chi connectivity index (χ3n) is 3.28. The molecule has 92 valence electrons. The minimum Gasteiger partial charge on any atom is -0.394 e. The first-order valence-corrected chi connectivity index (χ1v) is 5.82. The molecule has 2 rings (SSSR count). The molecule has 17 heavy (non-hydrogen) atoms. The van der Waals surface area contributed by atoms with E-state index < -0.39 is 6.04 Å². The molecule has 0 aromatic heterocycles. The van der Waals surface area contributed by atoms with E-state index in [1.165, 1.54) is 5.56 Å². The number of rotatable bonds is 2. The van der Waals surface area contributed by atoms with Gasteiger partial charge in [-0.1, -0.05) is 17.7 Å². The molecule has 1 saturated heterocycles. The van der Waals surface area contributed by atoms with Crippen LogP contribution in [-0.2, 0) is 4.79 Å². The second-order valence-electron chi connectivity index (χ2n) is 4.50. The van der Waals surface area contributed by atoms with Gasteiger partial charge in [0, 0.05) is 18.8 Å². The van der Waals surface area contributed by atoms with Crippen molar-refractivity contribution in [3.63, 3.8) is 0 Å². The zero-order valence-electron chi connectivity index (χ0n) is 10.3. The lowest BCUT2D eigenvalue weighted by molar-refractivity contribution is -0.126. The molecule has 0 bridgehead atoms. The molecule has 1 fully saturated rings. The van der Waals surface area contributed by atoms with Gasteiger partial charge in [0.2, 0.25) is 5.91 Å². The third-order valence-corrected chi connectivity index (χ3v) is 3.28. The molecule has 1 atom stereocenters. The topological polar surface area (TPSA) is 43.8 Å². The van der Waals surface area contributed by atoms with Crippen molar-refractivity contribution in [2.75, 3.05) is 31.6 Å². The first-order valence-electron chi connectivity index (χ1n) is 5.82. The summed E-state index contributed by atoms with van der Waals surface area (Å²) in [7, 11) is 1.87. The molecule has 1 heterocycles. The molecule has 1 aliphatic rings. The Bertz CT molecular complexity index is 402. The zero-order valence-corrected chi connectivity index (χ0v) is 10.3. The molecule has 1 aliphatic heterocycles. The summed E-state index contributed by atoms with van der Waals surface area (Å²) in [4.78, 5) is 15.8. The summed E-state index contributed by atoms with van der Waals surface area (Å²) in [6, 6.07) is 7.48. The van der Waals surface area contributed by atoms with Gasteiger partial charge in [0.05, 0.1) is 6.61 Å². The first kappa shape index (κ1) is 12.1. The molecule has 0 spiro atoms. The van der Waals surface area contributed by atoms with Crippen molar-refractivity contribution in [2.45, 2.75) is 13.0 Å². The van der Waals surface area contributed by atoms with Crippen LogP contribution in [0.3, 0.4) is 0 Å². The van der Waals surface area contributed by atoms with Crippen LogP contribution in [0.25, 0.3) is 0 Å². The fourth-order valence-electron chi connectivity index (χ4n) is 2.09.